The van der Waals surface area contributed by atoms with Gasteiger partial charge in [0.05, 0.1) is 28.6 Å². The smallest absolute Gasteiger partial charge is 0.407 e. The number of ether oxygens (including phenoxy) is 3. The fraction of sp³-hybridized carbons (Fsp3) is 0.444. The first kappa shape index (κ1) is 33.6. The summed E-state index contributed by atoms with van der Waals surface area (Å²) in [7, 11) is 1.45. The first-order valence-corrected chi connectivity index (χ1v) is 17.2. The van der Waals surface area contributed by atoms with Crippen LogP contribution in [0.5, 0.6) is 11.8 Å². The topological polar surface area (TPSA) is 113 Å². The van der Waals surface area contributed by atoms with Gasteiger partial charge in [-0.05, 0) is 55.8 Å². The molecular formula is C36H34ClF3N6O5. The summed E-state index contributed by atoms with van der Waals surface area (Å²) in [6, 6.07) is 5.08. The van der Waals surface area contributed by atoms with Crippen LogP contribution in [0.25, 0.3) is 32.9 Å². The molecule has 4 fully saturated rings. The summed E-state index contributed by atoms with van der Waals surface area (Å²) in [4.78, 5) is 31.3. The highest BCUT2D eigenvalue weighted by molar-refractivity contribution is 6.35. The number of pyridine rings is 1. The number of hydrogen-bond acceptors (Lipinski definition) is 9. The minimum Gasteiger partial charge on any atom is -0.468 e. The minimum atomic E-state index is -0.996. The van der Waals surface area contributed by atoms with Gasteiger partial charge in [-0.2, -0.15) is 9.97 Å². The molecule has 51 heavy (non-hydrogen) atoms. The van der Waals surface area contributed by atoms with Crippen LogP contribution in [0.15, 0.2) is 24.3 Å². The monoisotopic (exact) mass is 722 g/mol. The molecule has 0 unspecified atom stereocenters. The van der Waals surface area contributed by atoms with Crippen molar-refractivity contribution < 1.29 is 37.3 Å². The molecule has 0 aliphatic carbocycles. The van der Waals surface area contributed by atoms with Gasteiger partial charge in [0.1, 0.15) is 46.5 Å². The number of piperazine rings is 1. The van der Waals surface area contributed by atoms with Gasteiger partial charge in [0.25, 0.3) is 0 Å². The Kier molecular flexibility index (Phi) is 8.47. The van der Waals surface area contributed by atoms with E-state index in [9.17, 15) is 14.3 Å². The van der Waals surface area contributed by atoms with E-state index < -0.39 is 29.4 Å². The zero-order valence-electron chi connectivity index (χ0n) is 27.7. The number of anilines is 1. The van der Waals surface area contributed by atoms with E-state index in [0.717, 1.165) is 19.4 Å². The Morgan fingerprint density at radius 2 is 1.90 bits per heavy atom. The van der Waals surface area contributed by atoms with E-state index in [1.54, 1.807) is 6.07 Å². The molecule has 11 nitrogen and oxygen atoms in total. The molecule has 1 N–H and O–H groups in total. The number of alkyl halides is 1. The lowest BCUT2D eigenvalue weighted by Crippen LogP contribution is -2.55. The number of rotatable bonds is 8. The van der Waals surface area contributed by atoms with Crippen LogP contribution in [0.4, 0.5) is 23.8 Å². The number of halogens is 4. The molecule has 8 rings (SSSR count). The quantitative estimate of drug-likeness (QED) is 0.132. The van der Waals surface area contributed by atoms with Gasteiger partial charge < -0.3 is 24.2 Å². The summed E-state index contributed by atoms with van der Waals surface area (Å²) < 4.78 is 63.9. The lowest BCUT2D eigenvalue weighted by atomic mass is 9.95. The first-order valence-electron chi connectivity index (χ1n) is 16.8. The second kappa shape index (κ2) is 12.9. The number of aromatic nitrogens is 3. The van der Waals surface area contributed by atoms with Crippen LogP contribution in [0, 0.1) is 24.0 Å². The van der Waals surface area contributed by atoms with Crippen LogP contribution in [-0.4, -0.2) is 106 Å². The highest BCUT2D eigenvalue weighted by Gasteiger charge is 2.49. The van der Waals surface area contributed by atoms with Gasteiger partial charge >= 0.3 is 12.1 Å². The van der Waals surface area contributed by atoms with Crippen molar-refractivity contribution in [2.24, 2.45) is 0 Å². The fourth-order valence-corrected chi connectivity index (χ4v) is 8.81. The maximum atomic E-state index is 17.2. The number of hydrogen-bond donors (Lipinski definition) is 1. The second-order valence-electron chi connectivity index (χ2n) is 13.6. The number of amides is 1. The van der Waals surface area contributed by atoms with Crippen molar-refractivity contribution >= 4 is 45.2 Å². The number of methoxy groups -OCH3 is 1. The van der Waals surface area contributed by atoms with Gasteiger partial charge in [-0.3, -0.25) is 9.80 Å². The zero-order valence-corrected chi connectivity index (χ0v) is 28.4. The number of terminal acetylenes is 1. The Morgan fingerprint density at radius 3 is 2.63 bits per heavy atom. The number of carbonyl (C=O) groups is 1. The van der Waals surface area contributed by atoms with Crippen molar-refractivity contribution in [2.75, 3.05) is 51.6 Å². The Morgan fingerprint density at radius 1 is 1.12 bits per heavy atom. The lowest BCUT2D eigenvalue weighted by molar-refractivity contribution is 0.0512. The van der Waals surface area contributed by atoms with Gasteiger partial charge in [0.2, 0.25) is 0 Å². The molecule has 4 atom stereocenters. The van der Waals surface area contributed by atoms with E-state index in [1.165, 1.54) is 30.2 Å². The molecule has 1 amide bonds. The zero-order chi connectivity index (χ0) is 35.6. The predicted molar refractivity (Wildman–Crippen MR) is 183 cm³/mol. The third-order valence-electron chi connectivity index (χ3n) is 10.7. The first-order chi connectivity index (χ1) is 24.6. The second-order valence-corrected chi connectivity index (χ2v) is 14.0. The fourth-order valence-electron chi connectivity index (χ4n) is 8.55. The Balaban J connectivity index is 1.30. The number of benzene rings is 2. The van der Waals surface area contributed by atoms with Crippen molar-refractivity contribution in [1.29, 1.82) is 0 Å². The van der Waals surface area contributed by atoms with Crippen molar-refractivity contribution in [2.45, 2.75) is 55.9 Å². The number of fused-ring (bicyclic) bond motifs is 5. The van der Waals surface area contributed by atoms with Gasteiger partial charge in [0, 0.05) is 44.1 Å². The summed E-state index contributed by atoms with van der Waals surface area (Å²) in [5.41, 5.74) is -0.973. The Bertz CT molecular complexity index is 2100. The van der Waals surface area contributed by atoms with E-state index in [0.29, 0.717) is 31.2 Å². The Hall–Kier alpha value is -4.58. The van der Waals surface area contributed by atoms with E-state index >= 15 is 8.78 Å². The minimum absolute atomic E-state index is 0.0953. The van der Waals surface area contributed by atoms with E-state index in [1.807, 2.05) is 4.90 Å². The van der Waals surface area contributed by atoms with Crippen molar-refractivity contribution in [3.8, 4) is 35.4 Å². The molecule has 0 radical (unpaired) electrons. The molecule has 6 heterocycles. The molecule has 2 bridgehead atoms. The van der Waals surface area contributed by atoms with Crippen molar-refractivity contribution in [3.63, 3.8) is 0 Å². The summed E-state index contributed by atoms with van der Waals surface area (Å²) in [6.07, 6.45) is 7.06. The third-order valence-corrected chi connectivity index (χ3v) is 11.0. The van der Waals surface area contributed by atoms with Gasteiger partial charge in [-0.25, -0.2) is 22.9 Å². The van der Waals surface area contributed by atoms with E-state index in [-0.39, 0.29) is 94.4 Å². The maximum Gasteiger partial charge on any atom is 0.407 e. The molecule has 266 valence electrons. The van der Waals surface area contributed by atoms with E-state index in [4.69, 9.17) is 37.2 Å². The molecule has 0 spiro atoms. The van der Waals surface area contributed by atoms with Crippen molar-refractivity contribution in [3.05, 3.63) is 46.6 Å². The van der Waals surface area contributed by atoms with Gasteiger partial charge in [-0.1, -0.05) is 23.6 Å². The average Bonchev–Trinajstić information content (AvgIpc) is 3.74. The Labute approximate surface area is 296 Å². The number of nitrogens with zero attached hydrogens (tertiary/aromatic N) is 6. The number of carboxylic acid groups (broad SMARTS) is 1. The standard InChI is InChI=1S/C36H34ClF3N6O5/c1-3-24-26(39)8-5-19-11-23(51-18-49-2)12-25(27(19)24)30-29(40)31-28(32(37)41-30)33(44-15-21-6-7-22(16-44)46(21)35(47)48)43-34(42-31)50-17-36-9-4-10-45(36)14-20(38)13-36/h1,5,8,11-12,20-22H,4,6-7,9-10,13-18H2,2H3,(H,47,48)/t20-,21-,22+,36+/m1/s1. The summed E-state index contributed by atoms with van der Waals surface area (Å²) in [5, 5.41) is 10.5. The van der Waals surface area contributed by atoms with E-state index in [2.05, 4.69) is 20.8 Å². The van der Waals surface area contributed by atoms with Crippen LogP contribution >= 0.6 is 11.6 Å². The van der Waals surface area contributed by atoms with Gasteiger partial charge in [0.15, 0.2) is 12.6 Å². The molecule has 4 saturated heterocycles. The molecule has 4 aliphatic rings. The predicted octanol–water partition coefficient (Wildman–Crippen LogP) is 6.03. The molecule has 2 aromatic heterocycles. The van der Waals surface area contributed by atoms with Crippen LogP contribution < -0.4 is 14.4 Å². The highest BCUT2D eigenvalue weighted by Crippen LogP contribution is 2.44. The van der Waals surface area contributed by atoms with Crippen LogP contribution in [0.1, 0.15) is 37.7 Å². The van der Waals surface area contributed by atoms with Crippen LogP contribution in [0.2, 0.25) is 5.15 Å². The van der Waals surface area contributed by atoms with Crippen LogP contribution in [0.3, 0.4) is 0 Å². The molecule has 0 saturated carbocycles. The third kappa shape index (κ3) is 5.62. The highest BCUT2D eigenvalue weighted by atomic mass is 35.5. The van der Waals surface area contributed by atoms with Gasteiger partial charge in [-0.15, -0.1) is 6.42 Å². The summed E-state index contributed by atoms with van der Waals surface area (Å²) in [6.45, 7) is 1.62. The molecule has 4 aromatic rings. The average molecular weight is 723 g/mol. The van der Waals surface area contributed by atoms with Crippen LogP contribution in [-0.2, 0) is 4.74 Å². The maximum absolute atomic E-state index is 17.2. The molecule has 4 aliphatic heterocycles. The molecular weight excluding hydrogens is 689 g/mol. The molecule has 2 aromatic carbocycles. The lowest BCUT2D eigenvalue weighted by Gasteiger charge is -2.40. The normalized spacial score (nSPS) is 24.4. The SMILES string of the molecule is C#Cc1c(F)ccc2cc(OCOC)cc(-c3nc(Cl)c4c(N5C[C@H]6CC[C@@H](C5)N6C(=O)O)nc(OC[C@@]56CCCN5C[C@H](F)C6)nc4c3F)c12. The molecule has 15 heteroatoms. The summed E-state index contributed by atoms with van der Waals surface area (Å²) in [5.74, 6) is 1.34. The summed E-state index contributed by atoms with van der Waals surface area (Å²) >= 11 is 6.93. The largest absolute Gasteiger partial charge is 0.468 e. The van der Waals surface area contributed by atoms with Crippen molar-refractivity contribution in [1.82, 2.24) is 24.8 Å².